The maximum atomic E-state index is 8.89. The summed E-state index contributed by atoms with van der Waals surface area (Å²) >= 11 is 0. The fourth-order valence-electron chi connectivity index (χ4n) is 2.72. The molecule has 1 saturated heterocycles. The Bertz CT molecular complexity index is 470. The molecule has 1 unspecified atom stereocenters. The molecule has 0 bridgehead atoms. The molecular weight excluding hydrogens is 238 g/mol. The van der Waals surface area contributed by atoms with Crippen LogP contribution in [0.1, 0.15) is 36.0 Å². The minimum absolute atomic E-state index is 0.0698. The topological polar surface area (TPSA) is 61.8 Å². The number of aryl methyl sites for hydroxylation is 2. The first kappa shape index (κ1) is 13.9. The maximum Gasteiger partial charge on any atom is 0.156 e. The van der Waals surface area contributed by atoms with Crippen molar-refractivity contribution in [2.24, 2.45) is 10.9 Å². The number of nitrogens with two attached hydrogens (primary N) is 1. The minimum atomic E-state index is 0.0698. The van der Waals surface area contributed by atoms with Gasteiger partial charge < -0.3 is 10.9 Å². The number of nitrogens with zero attached hydrogens (tertiary/aromatic N) is 2. The minimum Gasteiger partial charge on any atom is -0.409 e. The number of hydrogen-bond donors (Lipinski definition) is 2. The summed E-state index contributed by atoms with van der Waals surface area (Å²) in [6, 6.07) is 6.63. The summed E-state index contributed by atoms with van der Waals surface area (Å²) in [5.41, 5.74) is 9.73. The van der Waals surface area contributed by atoms with Gasteiger partial charge in [0.15, 0.2) is 5.84 Å². The highest BCUT2D eigenvalue weighted by Crippen LogP contribution is 2.21. The third kappa shape index (κ3) is 3.26. The molecular formula is C15H23N3O. The Morgan fingerprint density at radius 3 is 2.84 bits per heavy atom. The van der Waals surface area contributed by atoms with E-state index in [0.717, 1.165) is 25.9 Å². The normalized spacial score (nSPS) is 21.6. The van der Waals surface area contributed by atoms with E-state index in [9.17, 15) is 0 Å². The second-order valence-electron chi connectivity index (χ2n) is 5.43. The molecule has 1 aromatic rings. The lowest BCUT2D eigenvalue weighted by Crippen LogP contribution is -2.47. The Balaban J connectivity index is 2.12. The lowest BCUT2D eigenvalue weighted by molar-refractivity contribution is 0.178. The molecule has 1 aromatic carbocycles. The van der Waals surface area contributed by atoms with Crippen molar-refractivity contribution in [1.29, 1.82) is 0 Å². The quantitative estimate of drug-likeness (QED) is 0.380. The molecule has 0 amide bonds. The Hall–Kier alpha value is -1.55. The number of piperidine rings is 1. The third-order valence-corrected chi connectivity index (χ3v) is 4.03. The van der Waals surface area contributed by atoms with Gasteiger partial charge in [0, 0.05) is 6.54 Å². The molecule has 3 N–H and O–H groups in total. The third-order valence-electron chi connectivity index (χ3n) is 4.03. The van der Waals surface area contributed by atoms with Crippen LogP contribution in [0.2, 0.25) is 0 Å². The predicted octanol–water partition coefficient (Wildman–Crippen LogP) is 2.40. The molecule has 0 radical (unpaired) electrons. The summed E-state index contributed by atoms with van der Waals surface area (Å²) in [6.45, 7) is 6.13. The summed E-state index contributed by atoms with van der Waals surface area (Å²) in [4.78, 5) is 2.31. The average molecular weight is 261 g/mol. The van der Waals surface area contributed by atoms with E-state index in [0.29, 0.717) is 5.84 Å². The van der Waals surface area contributed by atoms with Crippen LogP contribution in [0.25, 0.3) is 0 Å². The number of hydrogen-bond acceptors (Lipinski definition) is 3. The Labute approximate surface area is 114 Å². The Kier molecular flexibility index (Phi) is 4.43. The van der Waals surface area contributed by atoms with Crippen molar-refractivity contribution in [3.05, 3.63) is 34.9 Å². The summed E-state index contributed by atoms with van der Waals surface area (Å²) in [7, 11) is 0. The Morgan fingerprint density at radius 2 is 2.16 bits per heavy atom. The highest BCUT2D eigenvalue weighted by molar-refractivity contribution is 5.85. The van der Waals surface area contributed by atoms with Crippen LogP contribution in [-0.2, 0) is 6.54 Å². The number of rotatable bonds is 3. The standard InChI is InChI=1S/C15H23N3O/c1-11-6-7-13(9-12(11)2)10-18-8-4-3-5-14(18)15(16)17-19/h6-7,9,14,19H,3-5,8,10H2,1-2H3,(H2,16,17). The molecule has 4 heteroatoms. The van der Waals surface area contributed by atoms with Crippen LogP contribution < -0.4 is 5.73 Å². The van der Waals surface area contributed by atoms with Crippen molar-refractivity contribution in [1.82, 2.24) is 4.90 Å². The van der Waals surface area contributed by atoms with E-state index in [2.05, 4.69) is 42.1 Å². The number of benzene rings is 1. The molecule has 0 aliphatic carbocycles. The van der Waals surface area contributed by atoms with E-state index in [1.165, 1.54) is 23.1 Å². The van der Waals surface area contributed by atoms with Crippen molar-refractivity contribution < 1.29 is 5.21 Å². The van der Waals surface area contributed by atoms with Crippen LogP contribution in [-0.4, -0.2) is 28.5 Å². The van der Waals surface area contributed by atoms with E-state index >= 15 is 0 Å². The van der Waals surface area contributed by atoms with Crippen molar-refractivity contribution >= 4 is 5.84 Å². The zero-order valence-corrected chi connectivity index (χ0v) is 11.8. The van der Waals surface area contributed by atoms with Gasteiger partial charge in [0.2, 0.25) is 0 Å². The monoisotopic (exact) mass is 261 g/mol. The van der Waals surface area contributed by atoms with E-state index in [4.69, 9.17) is 10.9 Å². The molecule has 4 nitrogen and oxygen atoms in total. The van der Waals surface area contributed by atoms with E-state index < -0.39 is 0 Å². The van der Waals surface area contributed by atoms with E-state index in [1.54, 1.807) is 0 Å². The fourth-order valence-corrected chi connectivity index (χ4v) is 2.72. The average Bonchev–Trinajstić information content (AvgIpc) is 2.43. The number of likely N-dealkylation sites (tertiary alicyclic amines) is 1. The first-order valence-electron chi connectivity index (χ1n) is 6.89. The van der Waals surface area contributed by atoms with Gasteiger partial charge in [-0.05, 0) is 49.9 Å². The second kappa shape index (κ2) is 6.06. The molecule has 1 heterocycles. The number of oxime groups is 1. The van der Waals surface area contributed by atoms with E-state index in [-0.39, 0.29) is 6.04 Å². The molecule has 104 valence electrons. The van der Waals surface area contributed by atoms with Crippen LogP contribution in [0, 0.1) is 13.8 Å². The predicted molar refractivity (Wildman–Crippen MR) is 77.4 cm³/mol. The fraction of sp³-hybridized carbons (Fsp3) is 0.533. The molecule has 1 fully saturated rings. The zero-order chi connectivity index (χ0) is 13.8. The van der Waals surface area contributed by atoms with E-state index in [1.807, 2.05) is 0 Å². The molecule has 1 aliphatic rings. The van der Waals surface area contributed by atoms with Crippen molar-refractivity contribution in [3.63, 3.8) is 0 Å². The smallest absolute Gasteiger partial charge is 0.156 e. The van der Waals surface area contributed by atoms with Crippen molar-refractivity contribution in [2.75, 3.05) is 6.54 Å². The Morgan fingerprint density at radius 1 is 1.37 bits per heavy atom. The zero-order valence-electron chi connectivity index (χ0n) is 11.8. The molecule has 0 aromatic heterocycles. The SMILES string of the molecule is Cc1ccc(CN2CCCCC2C(N)=NO)cc1C. The molecule has 19 heavy (non-hydrogen) atoms. The van der Waals surface area contributed by atoms with Crippen molar-refractivity contribution in [2.45, 2.75) is 45.7 Å². The van der Waals surface area contributed by atoms with Crippen LogP contribution >= 0.6 is 0 Å². The van der Waals surface area contributed by atoms with Gasteiger partial charge in [-0.15, -0.1) is 0 Å². The van der Waals surface area contributed by atoms with Crippen LogP contribution in [0.5, 0.6) is 0 Å². The summed E-state index contributed by atoms with van der Waals surface area (Å²) < 4.78 is 0. The first-order valence-corrected chi connectivity index (χ1v) is 6.89. The van der Waals surface area contributed by atoms with Gasteiger partial charge in [0.05, 0.1) is 6.04 Å². The van der Waals surface area contributed by atoms with Crippen molar-refractivity contribution in [3.8, 4) is 0 Å². The molecule has 1 atom stereocenters. The van der Waals surface area contributed by atoms with Gasteiger partial charge in [-0.25, -0.2) is 0 Å². The summed E-state index contributed by atoms with van der Waals surface area (Å²) in [6.07, 6.45) is 3.30. The van der Waals surface area contributed by atoms with Crippen LogP contribution in [0.4, 0.5) is 0 Å². The lowest BCUT2D eigenvalue weighted by Gasteiger charge is -2.34. The van der Waals surface area contributed by atoms with Gasteiger partial charge >= 0.3 is 0 Å². The highest BCUT2D eigenvalue weighted by Gasteiger charge is 2.25. The summed E-state index contributed by atoms with van der Waals surface area (Å²) in [5, 5.41) is 12.1. The molecule has 0 saturated carbocycles. The van der Waals surface area contributed by atoms with Crippen LogP contribution in [0.3, 0.4) is 0 Å². The first-order chi connectivity index (χ1) is 9.11. The van der Waals surface area contributed by atoms with Crippen LogP contribution in [0.15, 0.2) is 23.4 Å². The van der Waals surface area contributed by atoms with Gasteiger partial charge in [-0.1, -0.05) is 29.8 Å². The lowest BCUT2D eigenvalue weighted by atomic mass is 9.99. The second-order valence-corrected chi connectivity index (χ2v) is 5.43. The molecule has 0 spiro atoms. The van der Waals surface area contributed by atoms with Gasteiger partial charge in [0.25, 0.3) is 0 Å². The molecule has 2 rings (SSSR count). The highest BCUT2D eigenvalue weighted by atomic mass is 16.4. The summed E-state index contributed by atoms with van der Waals surface area (Å²) in [5.74, 6) is 0.337. The largest absolute Gasteiger partial charge is 0.409 e. The number of amidine groups is 1. The van der Waals surface area contributed by atoms with Gasteiger partial charge in [-0.2, -0.15) is 0 Å². The van der Waals surface area contributed by atoms with Gasteiger partial charge in [0.1, 0.15) is 0 Å². The molecule has 1 aliphatic heterocycles. The van der Waals surface area contributed by atoms with Gasteiger partial charge in [-0.3, -0.25) is 4.90 Å². The maximum absolute atomic E-state index is 8.89.